The van der Waals surface area contributed by atoms with Crippen LogP contribution in [0.3, 0.4) is 0 Å². The molecule has 0 aliphatic carbocycles. The van der Waals surface area contributed by atoms with Gasteiger partial charge in [-0.15, -0.1) is 5.10 Å². The molecule has 3 aromatic carbocycles. The van der Waals surface area contributed by atoms with Crippen molar-refractivity contribution >= 4 is 33.2 Å². The molecule has 0 bridgehead atoms. The minimum atomic E-state index is -4.01. The topological polar surface area (TPSA) is 133 Å². The van der Waals surface area contributed by atoms with E-state index in [1.807, 2.05) is 18.2 Å². The minimum absolute atomic E-state index is 0.204. The first-order valence-electron chi connectivity index (χ1n) is 8.82. The zero-order valence-corrected chi connectivity index (χ0v) is 17.3. The summed E-state index contributed by atoms with van der Waals surface area (Å²) in [4.78, 5) is 11.0. The number of anilines is 1. The standard InChI is InChI=1S/C19H14N6O4S2/c26-25(27)17-13-16(31(28,29)21-14-7-3-1-4-8-14)11-12-18(17)30-19-20-22-23-24(19)15-9-5-2-6-10-15/h1-13,21H. The maximum absolute atomic E-state index is 12.7. The molecule has 0 saturated carbocycles. The van der Waals surface area contributed by atoms with Crippen LogP contribution in [0.25, 0.3) is 5.69 Å². The third-order valence-corrected chi connectivity index (χ3v) is 6.49. The van der Waals surface area contributed by atoms with Gasteiger partial charge in [0.05, 0.1) is 20.4 Å². The average Bonchev–Trinajstić information content (AvgIpc) is 3.23. The summed E-state index contributed by atoms with van der Waals surface area (Å²) in [5.41, 5.74) is 0.665. The molecule has 10 nitrogen and oxygen atoms in total. The van der Waals surface area contributed by atoms with Gasteiger partial charge in [0.2, 0.25) is 5.16 Å². The fourth-order valence-electron chi connectivity index (χ4n) is 2.69. The van der Waals surface area contributed by atoms with Crippen LogP contribution in [0.1, 0.15) is 0 Å². The molecular weight excluding hydrogens is 440 g/mol. The Kier molecular flexibility index (Phi) is 5.64. The lowest BCUT2D eigenvalue weighted by atomic mass is 10.3. The van der Waals surface area contributed by atoms with Gasteiger partial charge in [0.1, 0.15) is 0 Å². The van der Waals surface area contributed by atoms with E-state index in [1.54, 1.807) is 42.5 Å². The summed E-state index contributed by atoms with van der Waals surface area (Å²) in [5, 5.41) is 23.4. The lowest BCUT2D eigenvalue weighted by Gasteiger charge is -2.09. The van der Waals surface area contributed by atoms with Gasteiger partial charge in [0, 0.05) is 11.8 Å². The molecule has 12 heteroatoms. The second-order valence-electron chi connectivity index (χ2n) is 6.17. The molecule has 31 heavy (non-hydrogen) atoms. The number of rotatable bonds is 7. The normalized spacial score (nSPS) is 11.2. The number of sulfonamides is 1. The highest BCUT2D eigenvalue weighted by Crippen LogP contribution is 2.36. The van der Waals surface area contributed by atoms with E-state index in [0.717, 1.165) is 17.8 Å². The number of tetrazole rings is 1. The van der Waals surface area contributed by atoms with Crippen molar-refractivity contribution in [1.82, 2.24) is 20.2 Å². The van der Waals surface area contributed by atoms with Gasteiger partial charge in [-0.2, -0.15) is 4.68 Å². The van der Waals surface area contributed by atoms with Crippen LogP contribution in [-0.4, -0.2) is 33.5 Å². The van der Waals surface area contributed by atoms with Crippen LogP contribution >= 0.6 is 11.8 Å². The Morgan fingerprint density at radius 1 is 0.968 bits per heavy atom. The van der Waals surface area contributed by atoms with Gasteiger partial charge in [-0.05, 0) is 58.6 Å². The molecule has 0 aliphatic heterocycles. The lowest BCUT2D eigenvalue weighted by Crippen LogP contribution is -2.13. The SMILES string of the molecule is O=[N+]([O-])c1cc(S(=O)(=O)Nc2ccccc2)ccc1Sc1nnnn1-c1ccccc1. The fourth-order valence-corrected chi connectivity index (χ4v) is 4.64. The molecule has 0 unspecified atom stereocenters. The van der Waals surface area contributed by atoms with Gasteiger partial charge in [-0.25, -0.2) is 8.42 Å². The summed E-state index contributed by atoms with van der Waals surface area (Å²) in [6, 6.07) is 21.0. The predicted octanol–water partition coefficient (Wildman–Crippen LogP) is 3.52. The fraction of sp³-hybridized carbons (Fsp3) is 0. The molecule has 0 spiro atoms. The summed E-state index contributed by atoms with van der Waals surface area (Å²) >= 11 is 0.964. The number of nitrogens with zero attached hydrogens (tertiary/aromatic N) is 5. The third-order valence-electron chi connectivity index (χ3n) is 4.11. The van der Waals surface area contributed by atoms with E-state index in [2.05, 4.69) is 20.2 Å². The molecular formula is C19H14N6O4S2. The Bertz CT molecular complexity index is 1330. The van der Waals surface area contributed by atoms with E-state index < -0.39 is 14.9 Å². The van der Waals surface area contributed by atoms with Crippen LogP contribution in [0.5, 0.6) is 0 Å². The van der Waals surface area contributed by atoms with Crippen LogP contribution in [0.2, 0.25) is 0 Å². The van der Waals surface area contributed by atoms with Gasteiger partial charge in [-0.1, -0.05) is 36.4 Å². The van der Waals surface area contributed by atoms with Crippen LogP contribution in [0.4, 0.5) is 11.4 Å². The number of benzene rings is 3. The van der Waals surface area contributed by atoms with Gasteiger partial charge in [-0.3, -0.25) is 14.8 Å². The van der Waals surface area contributed by atoms with Gasteiger partial charge in [0.25, 0.3) is 15.7 Å². The van der Waals surface area contributed by atoms with Crippen molar-refractivity contribution in [1.29, 1.82) is 0 Å². The van der Waals surface area contributed by atoms with Crippen molar-refractivity contribution in [2.75, 3.05) is 4.72 Å². The number of hydrogen-bond donors (Lipinski definition) is 1. The van der Waals surface area contributed by atoms with E-state index in [4.69, 9.17) is 0 Å². The van der Waals surface area contributed by atoms with Crippen LogP contribution in [0.15, 0.2) is 93.8 Å². The molecule has 1 heterocycles. The maximum atomic E-state index is 12.7. The average molecular weight is 454 g/mol. The third kappa shape index (κ3) is 4.54. The molecule has 0 amide bonds. The molecule has 0 fully saturated rings. The molecule has 156 valence electrons. The van der Waals surface area contributed by atoms with E-state index in [9.17, 15) is 18.5 Å². The Morgan fingerprint density at radius 3 is 2.32 bits per heavy atom. The summed E-state index contributed by atoms with van der Waals surface area (Å²) < 4.78 is 29.2. The number of nitro benzene ring substituents is 1. The molecule has 0 atom stereocenters. The number of nitrogens with one attached hydrogen (secondary N) is 1. The Balaban J connectivity index is 1.67. The summed E-state index contributed by atoms with van der Waals surface area (Å²) in [6.45, 7) is 0. The molecule has 4 rings (SSSR count). The molecule has 0 saturated heterocycles. The van der Waals surface area contributed by atoms with Crippen molar-refractivity contribution in [3.05, 3.63) is 89.0 Å². The number of nitro groups is 1. The van der Waals surface area contributed by atoms with E-state index >= 15 is 0 Å². The van der Waals surface area contributed by atoms with Gasteiger partial charge < -0.3 is 0 Å². The highest BCUT2D eigenvalue weighted by Gasteiger charge is 2.24. The van der Waals surface area contributed by atoms with Crippen molar-refractivity contribution in [3.63, 3.8) is 0 Å². The molecule has 0 radical (unpaired) electrons. The summed E-state index contributed by atoms with van der Waals surface area (Å²) in [7, 11) is -4.01. The first kappa shape index (κ1) is 20.5. The van der Waals surface area contributed by atoms with Crippen LogP contribution in [-0.2, 0) is 10.0 Å². The molecule has 1 N–H and O–H groups in total. The first-order chi connectivity index (χ1) is 14.9. The van der Waals surface area contributed by atoms with Crippen molar-refractivity contribution in [3.8, 4) is 5.69 Å². The smallest absolute Gasteiger partial charge is 0.280 e. The molecule has 0 aliphatic rings. The number of para-hydroxylation sites is 2. The number of aromatic nitrogens is 4. The largest absolute Gasteiger partial charge is 0.284 e. The first-order valence-corrected chi connectivity index (χ1v) is 11.1. The van der Waals surface area contributed by atoms with E-state index in [1.165, 1.54) is 16.8 Å². The van der Waals surface area contributed by atoms with Crippen LogP contribution in [0, 0.1) is 10.1 Å². The minimum Gasteiger partial charge on any atom is -0.280 e. The van der Waals surface area contributed by atoms with Crippen molar-refractivity contribution < 1.29 is 13.3 Å². The predicted molar refractivity (Wildman–Crippen MR) is 114 cm³/mol. The summed E-state index contributed by atoms with van der Waals surface area (Å²) in [5.74, 6) is 0. The maximum Gasteiger partial charge on any atom is 0.284 e. The van der Waals surface area contributed by atoms with Crippen LogP contribution < -0.4 is 4.72 Å². The second kappa shape index (κ2) is 8.53. The Morgan fingerprint density at radius 2 is 1.65 bits per heavy atom. The van der Waals surface area contributed by atoms with E-state index in [0.29, 0.717) is 16.5 Å². The zero-order chi connectivity index (χ0) is 21.8. The summed E-state index contributed by atoms with van der Waals surface area (Å²) in [6.07, 6.45) is 0. The van der Waals surface area contributed by atoms with Crippen molar-refractivity contribution in [2.24, 2.45) is 0 Å². The monoisotopic (exact) mass is 454 g/mol. The second-order valence-corrected chi connectivity index (χ2v) is 8.86. The zero-order valence-electron chi connectivity index (χ0n) is 15.7. The quantitative estimate of drug-likeness (QED) is 0.331. The Labute approximate surface area is 181 Å². The van der Waals surface area contributed by atoms with E-state index in [-0.39, 0.29) is 15.5 Å². The number of hydrogen-bond acceptors (Lipinski definition) is 8. The van der Waals surface area contributed by atoms with Crippen molar-refractivity contribution in [2.45, 2.75) is 14.9 Å². The highest BCUT2D eigenvalue weighted by atomic mass is 32.2. The lowest BCUT2D eigenvalue weighted by molar-refractivity contribution is -0.388. The molecule has 4 aromatic rings. The van der Waals surface area contributed by atoms with Gasteiger partial charge >= 0.3 is 0 Å². The molecule has 1 aromatic heterocycles. The van der Waals surface area contributed by atoms with Gasteiger partial charge in [0.15, 0.2) is 0 Å². The highest BCUT2D eigenvalue weighted by molar-refractivity contribution is 7.99. The Hall–Kier alpha value is -3.77.